The Morgan fingerprint density at radius 1 is 1.25 bits per heavy atom. The molecule has 0 radical (unpaired) electrons. The molecule has 2 aromatic heterocycles. The number of alkyl halides is 1. The SMILES string of the molecule is CC[N+]1(CCc2ccc3sc(C)nc3n2)CCN(CCCF)CC1. The molecule has 0 amide bonds. The largest absolute Gasteiger partial charge is 0.321 e. The van der Waals surface area contributed by atoms with Gasteiger partial charge in [-0.3, -0.25) is 9.29 Å². The van der Waals surface area contributed by atoms with E-state index in [2.05, 4.69) is 28.9 Å². The molecule has 0 aliphatic carbocycles. The van der Waals surface area contributed by atoms with Crippen LogP contribution in [0.4, 0.5) is 4.39 Å². The summed E-state index contributed by atoms with van der Waals surface area (Å²) in [4.78, 5) is 11.7. The number of thiazole rings is 1. The first kappa shape index (κ1) is 17.7. The Morgan fingerprint density at radius 2 is 2.04 bits per heavy atom. The highest BCUT2D eigenvalue weighted by Gasteiger charge is 2.30. The van der Waals surface area contributed by atoms with Crippen molar-refractivity contribution in [3.8, 4) is 0 Å². The number of hydrogen-bond acceptors (Lipinski definition) is 4. The zero-order valence-electron chi connectivity index (χ0n) is 14.8. The Morgan fingerprint density at radius 3 is 2.75 bits per heavy atom. The van der Waals surface area contributed by atoms with Crippen molar-refractivity contribution in [2.75, 3.05) is 52.5 Å². The standard InChI is InChI=1S/C18H28FN4S/c1-3-23(13-10-22(11-14-23)9-4-8-19)12-7-16-5-6-17-18(21-16)20-15(2)24-17/h5-6H,3-4,7-14H2,1-2H3/q+1. The van der Waals surface area contributed by atoms with Crippen LogP contribution in [0.3, 0.4) is 0 Å². The minimum Gasteiger partial charge on any atom is -0.321 e. The maximum absolute atomic E-state index is 12.3. The van der Waals surface area contributed by atoms with Crippen molar-refractivity contribution in [1.82, 2.24) is 14.9 Å². The van der Waals surface area contributed by atoms with Crippen molar-refractivity contribution in [3.63, 3.8) is 0 Å². The maximum atomic E-state index is 12.3. The van der Waals surface area contributed by atoms with Gasteiger partial charge in [-0.25, -0.2) is 9.97 Å². The molecule has 0 bridgehead atoms. The molecule has 0 spiro atoms. The molecule has 1 saturated heterocycles. The lowest BCUT2D eigenvalue weighted by Gasteiger charge is -2.44. The summed E-state index contributed by atoms with van der Waals surface area (Å²) in [5, 5.41) is 1.08. The predicted octanol–water partition coefficient (Wildman–Crippen LogP) is 3.05. The third-order valence-electron chi connectivity index (χ3n) is 5.32. The number of rotatable bonds is 7. The molecule has 0 N–H and O–H groups in total. The summed E-state index contributed by atoms with van der Waals surface area (Å²) >= 11 is 1.71. The zero-order valence-corrected chi connectivity index (χ0v) is 15.6. The predicted molar refractivity (Wildman–Crippen MR) is 98.3 cm³/mol. The summed E-state index contributed by atoms with van der Waals surface area (Å²) < 4.78 is 14.7. The molecule has 6 heteroatoms. The molecule has 1 fully saturated rings. The first-order chi connectivity index (χ1) is 11.6. The van der Waals surface area contributed by atoms with Crippen LogP contribution < -0.4 is 0 Å². The summed E-state index contributed by atoms with van der Waals surface area (Å²) in [6.45, 7) is 11.8. The molecule has 0 aromatic carbocycles. The van der Waals surface area contributed by atoms with Gasteiger partial charge in [-0.1, -0.05) is 0 Å². The van der Waals surface area contributed by atoms with Crippen LogP contribution in [0.15, 0.2) is 12.1 Å². The summed E-state index contributed by atoms with van der Waals surface area (Å²) in [6, 6.07) is 4.32. The lowest BCUT2D eigenvalue weighted by atomic mass is 10.1. The van der Waals surface area contributed by atoms with E-state index in [4.69, 9.17) is 4.98 Å². The average Bonchev–Trinajstić information content (AvgIpc) is 2.98. The topological polar surface area (TPSA) is 29.0 Å². The van der Waals surface area contributed by atoms with Gasteiger partial charge in [0.1, 0.15) is 0 Å². The average molecular weight is 352 g/mol. The van der Waals surface area contributed by atoms with Crippen molar-refractivity contribution in [2.24, 2.45) is 0 Å². The van der Waals surface area contributed by atoms with E-state index in [1.807, 2.05) is 6.92 Å². The Labute approximate surface area is 147 Å². The number of likely N-dealkylation sites (N-methyl/N-ethyl adjacent to an activating group) is 1. The van der Waals surface area contributed by atoms with E-state index >= 15 is 0 Å². The van der Waals surface area contributed by atoms with E-state index in [-0.39, 0.29) is 6.67 Å². The number of quaternary nitrogens is 1. The fourth-order valence-corrected chi connectivity index (χ4v) is 4.36. The molecular formula is C18H28FN4S+. The van der Waals surface area contributed by atoms with Crippen LogP contribution in [-0.4, -0.2) is 71.8 Å². The van der Waals surface area contributed by atoms with Gasteiger partial charge in [-0.15, -0.1) is 11.3 Å². The van der Waals surface area contributed by atoms with Crippen LogP contribution in [-0.2, 0) is 6.42 Å². The summed E-state index contributed by atoms with van der Waals surface area (Å²) in [5.74, 6) is 0. The monoisotopic (exact) mass is 351 g/mol. The number of halogens is 1. The number of aryl methyl sites for hydroxylation is 1. The Bertz CT molecular complexity index is 664. The van der Waals surface area contributed by atoms with Crippen LogP contribution in [0.1, 0.15) is 24.0 Å². The molecule has 132 valence electrons. The molecule has 0 atom stereocenters. The van der Waals surface area contributed by atoms with Crippen LogP contribution in [0, 0.1) is 6.92 Å². The van der Waals surface area contributed by atoms with Crippen LogP contribution >= 0.6 is 11.3 Å². The van der Waals surface area contributed by atoms with Crippen molar-refractivity contribution in [1.29, 1.82) is 0 Å². The highest BCUT2D eigenvalue weighted by Crippen LogP contribution is 2.21. The van der Waals surface area contributed by atoms with Gasteiger partial charge < -0.3 is 4.48 Å². The second kappa shape index (κ2) is 7.85. The first-order valence-corrected chi connectivity index (χ1v) is 9.82. The molecule has 24 heavy (non-hydrogen) atoms. The lowest BCUT2D eigenvalue weighted by Crippen LogP contribution is -2.60. The number of fused-ring (bicyclic) bond motifs is 1. The quantitative estimate of drug-likeness (QED) is 0.718. The number of piperazine rings is 1. The second-order valence-corrected chi connectivity index (χ2v) is 8.05. The molecule has 0 unspecified atom stereocenters. The van der Waals surface area contributed by atoms with E-state index in [0.29, 0.717) is 6.42 Å². The Balaban J connectivity index is 1.59. The van der Waals surface area contributed by atoms with Gasteiger partial charge in [0.2, 0.25) is 0 Å². The van der Waals surface area contributed by atoms with E-state index in [1.54, 1.807) is 11.3 Å². The van der Waals surface area contributed by atoms with E-state index in [1.165, 1.54) is 17.8 Å². The van der Waals surface area contributed by atoms with Crippen molar-refractivity contribution in [2.45, 2.75) is 26.7 Å². The van der Waals surface area contributed by atoms with Crippen LogP contribution in [0.25, 0.3) is 10.3 Å². The smallest absolute Gasteiger partial charge is 0.170 e. The third-order valence-corrected chi connectivity index (χ3v) is 6.25. The maximum Gasteiger partial charge on any atom is 0.170 e. The van der Waals surface area contributed by atoms with Gasteiger partial charge in [0.05, 0.1) is 42.6 Å². The number of hydrogen-bond donors (Lipinski definition) is 0. The highest BCUT2D eigenvalue weighted by atomic mass is 32.1. The van der Waals surface area contributed by atoms with Gasteiger partial charge >= 0.3 is 0 Å². The summed E-state index contributed by atoms with van der Waals surface area (Å²) in [5.41, 5.74) is 2.05. The molecular weight excluding hydrogens is 323 g/mol. The molecule has 1 aliphatic rings. The Hall–Kier alpha value is -1.11. The number of aromatic nitrogens is 2. The zero-order chi connectivity index (χ0) is 17.0. The summed E-state index contributed by atoms with van der Waals surface area (Å²) in [7, 11) is 0. The fourth-order valence-electron chi connectivity index (χ4n) is 3.59. The van der Waals surface area contributed by atoms with Crippen molar-refractivity contribution >= 4 is 21.7 Å². The molecule has 0 saturated carbocycles. The molecule has 4 nitrogen and oxygen atoms in total. The molecule has 3 rings (SSSR count). The van der Waals surface area contributed by atoms with Crippen molar-refractivity contribution in [3.05, 3.63) is 22.8 Å². The van der Waals surface area contributed by atoms with E-state index in [9.17, 15) is 4.39 Å². The minimum atomic E-state index is -0.200. The van der Waals surface area contributed by atoms with Gasteiger partial charge in [0.15, 0.2) is 5.65 Å². The Kier molecular flexibility index (Phi) is 5.79. The van der Waals surface area contributed by atoms with Crippen LogP contribution in [0.2, 0.25) is 0 Å². The molecule has 2 aromatic rings. The van der Waals surface area contributed by atoms with Gasteiger partial charge in [0, 0.05) is 31.7 Å². The van der Waals surface area contributed by atoms with E-state index in [0.717, 1.165) is 60.0 Å². The molecule has 3 heterocycles. The van der Waals surface area contributed by atoms with Gasteiger partial charge in [-0.05, 0) is 32.4 Å². The van der Waals surface area contributed by atoms with Crippen LogP contribution in [0.5, 0.6) is 0 Å². The lowest BCUT2D eigenvalue weighted by molar-refractivity contribution is -0.930. The first-order valence-electron chi connectivity index (χ1n) is 9.00. The van der Waals surface area contributed by atoms with Crippen molar-refractivity contribution < 1.29 is 8.87 Å². The number of nitrogens with zero attached hydrogens (tertiary/aromatic N) is 4. The van der Waals surface area contributed by atoms with Gasteiger partial charge in [-0.2, -0.15) is 0 Å². The number of pyridine rings is 1. The normalized spacial score (nSPS) is 18.3. The minimum absolute atomic E-state index is 0.200. The fraction of sp³-hybridized carbons (Fsp3) is 0.667. The summed E-state index contributed by atoms with van der Waals surface area (Å²) in [6.07, 6.45) is 1.67. The second-order valence-electron chi connectivity index (χ2n) is 6.82. The third kappa shape index (κ3) is 4.10. The van der Waals surface area contributed by atoms with E-state index < -0.39 is 0 Å². The molecule has 1 aliphatic heterocycles. The highest BCUT2D eigenvalue weighted by molar-refractivity contribution is 7.18. The van der Waals surface area contributed by atoms with Gasteiger partial charge in [0.25, 0.3) is 0 Å².